The van der Waals surface area contributed by atoms with E-state index in [4.69, 9.17) is 28.3 Å². The van der Waals surface area contributed by atoms with Gasteiger partial charge in [0, 0.05) is 5.88 Å². The van der Waals surface area contributed by atoms with E-state index in [9.17, 15) is 4.79 Å². The molecule has 48 valence electrons. The first kappa shape index (κ1) is 8.05. The standard InChI is InChI=1S/C4H6Cl2O2/c5-2-3(6)1-4(7)8/h3H,1-2H2,(H,7,8). The van der Waals surface area contributed by atoms with Crippen molar-refractivity contribution in [1.82, 2.24) is 0 Å². The zero-order valence-corrected chi connectivity index (χ0v) is 5.61. The Morgan fingerprint density at radius 2 is 2.25 bits per heavy atom. The quantitative estimate of drug-likeness (QED) is 0.627. The summed E-state index contributed by atoms with van der Waals surface area (Å²) in [5.74, 6) is -0.723. The lowest BCUT2D eigenvalue weighted by atomic mass is 10.3. The molecule has 0 rings (SSSR count). The van der Waals surface area contributed by atoms with Crippen molar-refractivity contribution in [3.05, 3.63) is 0 Å². The van der Waals surface area contributed by atoms with Crippen molar-refractivity contribution in [3.63, 3.8) is 0 Å². The lowest BCUT2D eigenvalue weighted by Gasteiger charge is -1.96. The molecule has 0 aromatic carbocycles. The Morgan fingerprint density at radius 3 is 2.38 bits per heavy atom. The van der Waals surface area contributed by atoms with Gasteiger partial charge < -0.3 is 5.11 Å². The third-order valence-corrected chi connectivity index (χ3v) is 1.40. The average Bonchev–Trinajstić information content (AvgIpc) is 1.65. The Labute approximate surface area is 57.4 Å². The maximum atomic E-state index is 9.83. The summed E-state index contributed by atoms with van der Waals surface area (Å²) < 4.78 is 0. The largest absolute Gasteiger partial charge is 0.481 e. The predicted molar refractivity (Wildman–Crippen MR) is 32.6 cm³/mol. The summed E-state index contributed by atoms with van der Waals surface area (Å²) in [4.78, 5) is 9.83. The van der Waals surface area contributed by atoms with E-state index >= 15 is 0 Å². The number of hydrogen-bond acceptors (Lipinski definition) is 1. The van der Waals surface area contributed by atoms with Crippen LogP contribution in [0.15, 0.2) is 0 Å². The molecule has 0 saturated heterocycles. The van der Waals surface area contributed by atoms with Gasteiger partial charge in [-0.1, -0.05) is 0 Å². The van der Waals surface area contributed by atoms with Crippen molar-refractivity contribution in [2.24, 2.45) is 0 Å². The van der Waals surface area contributed by atoms with Crippen molar-refractivity contribution >= 4 is 29.2 Å². The zero-order chi connectivity index (χ0) is 6.57. The van der Waals surface area contributed by atoms with E-state index in [1.165, 1.54) is 0 Å². The van der Waals surface area contributed by atoms with E-state index in [1.807, 2.05) is 0 Å². The highest BCUT2D eigenvalue weighted by Gasteiger charge is 2.06. The molecule has 0 fully saturated rings. The highest BCUT2D eigenvalue weighted by Crippen LogP contribution is 2.02. The number of alkyl halides is 2. The summed E-state index contributed by atoms with van der Waals surface area (Å²) in [5.41, 5.74) is 0. The van der Waals surface area contributed by atoms with Crippen LogP contribution in [-0.4, -0.2) is 22.3 Å². The van der Waals surface area contributed by atoms with Crippen molar-refractivity contribution in [3.8, 4) is 0 Å². The van der Waals surface area contributed by atoms with Gasteiger partial charge in [-0.2, -0.15) is 0 Å². The maximum absolute atomic E-state index is 9.83. The van der Waals surface area contributed by atoms with Gasteiger partial charge in [0.1, 0.15) is 0 Å². The highest BCUT2D eigenvalue weighted by molar-refractivity contribution is 6.28. The van der Waals surface area contributed by atoms with Crippen molar-refractivity contribution in [1.29, 1.82) is 0 Å². The molecule has 0 amide bonds. The average molecular weight is 157 g/mol. The smallest absolute Gasteiger partial charge is 0.304 e. The van der Waals surface area contributed by atoms with Gasteiger partial charge in [0.05, 0.1) is 11.8 Å². The molecule has 0 aromatic rings. The van der Waals surface area contributed by atoms with Crippen LogP contribution in [0.3, 0.4) is 0 Å². The summed E-state index contributed by atoms with van der Waals surface area (Å²) in [6.07, 6.45) is -0.0644. The van der Waals surface area contributed by atoms with E-state index in [2.05, 4.69) is 0 Å². The Kier molecular flexibility index (Phi) is 4.01. The molecule has 1 unspecified atom stereocenters. The minimum absolute atomic E-state index is 0.0644. The molecule has 0 aliphatic carbocycles. The Balaban J connectivity index is 3.24. The third kappa shape index (κ3) is 4.22. The van der Waals surface area contributed by atoms with Gasteiger partial charge >= 0.3 is 5.97 Å². The summed E-state index contributed by atoms with van der Waals surface area (Å²) >= 11 is 10.5. The van der Waals surface area contributed by atoms with Crippen LogP contribution in [-0.2, 0) is 4.79 Å². The number of halogens is 2. The van der Waals surface area contributed by atoms with Gasteiger partial charge in [0.25, 0.3) is 0 Å². The van der Waals surface area contributed by atoms with Crippen molar-refractivity contribution in [2.45, 2.75) is 11.8 Å². The van der Waals surface area contributed by atoms with Crippen LogP contribution >= 0.6 is 23.2 Å². The van der Waals surface area contributed by atoms with E-state index in [0.29, 0.717) is 0 Å². The number of carboxylic acids is 1. The fourth-order valence-electron chi connectivity index (χ4n) is 0.244. The van der Waals surface area contributed by atoms with E-state index in [0.717, 1.165) is 0 Å². The van der Waals surface area contributed by atoms with Crippen LogP contribution in [0.5, 0.6) is 0 Å². The fraction of sp³-hybridized carbons (Fsp3) is 0.750. The molecule has 0 saturated carbocycles. The van der Waals surface area contributed by atoms with Gasteiger partial charge in [-0.15, -0.1) is 23.2 Å². The number of carboxylic acid groups (broad SMARTS) is 1. The number of rotatable bonds is 3. The second-order valence-corrected chi connectivity index (χ2v) is 2.28. The van der Waals surface area contributed by atoms with Gasteiger partial charge in [0.2, 0.25) is 0 Å². The van der Waals surface area contributed by atoms with Crippen molar-refractivity contribution < 1.29 is 9.90 Å². The Hall–Kier alpha value is 0.0500. The molecule has 1 N–H and O–H groups in total. The van der Waals surface area contributed by atoms with Crippen molar-refractivity contribution in [2.75, 3.05) is 5.88 Å². The first-order valence-corrected chi connectivity index (χ1v) is 3.05. The van der Waals surface area contributed by atoms with E-state index < -0.39 is 11.3 Å². The van der Waals surface area contributed by atoms with Gasteiger partial charge in [-0.05, 0) is 0 Å². The fourth-order valence-corrected chi connectivity index (χ4v) is 0.485. The number of hydrogen-bond donors (Lipinski definition) is 1. The van der Waals surface area contributed by atoms with Gasteiger partial charge in [-0.25, -0.2) is 0 Å². The summed E-state index contributed by atoms with van der Waals surface area (Å²) in [6.45, 7) is 0. The summed E-state index contributed by atoms with van der Waals surface area (Å²) in [6, 6.07) is 0. The van der Waals surface area contributed by atoms with Gasteiger partial charge in [-0.3, -0.25) is 4.79 Å². The van der Waals surface area contributed by atoms with E-state index in [1.54, 1.807) is 0 Å². The maximum Gasteiger partial charge on any atom is 0.304 e. The SMILES string of the molecule is O=C(O)CC(Cl)CCl. The molecular formula is C4H6Cl2O2. The summed E-state index contributed by atoms with van der Waals surface area (Å²) in [7, 11) is 0. The van der Waals surface area contributed by atoms with Crippen LogP contribution in [0.25, 0.3) is 0 Å². The molecule has 0 heterocycles. The topological polar surface area (TPSA) is 37.3 Å². The molecule has 1 atom stereocenters. The molecule has 0 bridgehead atoms. The second kappa shape index (κ2) is 3.98. The number of aliphatic carboxylic acids is 1. The molecule has 2 nitrogen and oxygen atoms in total. The Morgan fingerprint density at radius 1 is 1.75 bits per heavy atom. The predicted octanol–water partition coefficient (Wildman–Crippen LogP) is 1.31. The zero-order valence-electron chi connectivity index (χ0n) is 4.10. The van der Waals surface area contributed by atoms with Crippen LogP contribution in [0, 0.1) is 0 Å². The monoisotopic (exact) mass is 156 g/mol. The van der Waals surface area contributed by atoms with Crippen LogP contribution in [0.1, 0.15) is 6.42 Å². The van der Waals surface area contributed by atoms with E-state index in [-0.39, 0.29) is 12.3 Å². The molecule has 0 spiro atoms. The highest BCUT2D eigenvalue weighted by atomic mass is 35.5. The first-order valence-electron chi connectivity index (χ1n) is 2.08. The number of carbonyl (C=O) groups is 1. The Bertz CT molecular complexity index is 84.1. The minimum atomic E-state index is -0.911. The van der Waals surface area contributed by atoms with Crippen LogP contribution in [0.2, 0.25) is 0 Å². The van der Waals surface area contributed by atoms with Crippen LogP contribution < -0.4 is 0 Å². The molecule has 0 radical (unpaired) electrons. The minimum Gasteiger partial charge on any atom is -0.481 e. The first-order chi connectivity index (χ1) is 3.66. The molecule has 0 aliphatic rings. The lowest BCUT2D eigenvalue weighted by Crippen LogP contribution is -2.07. The third-order valence-electron chi connectivity index (χ3n) is 0.564. The van der Waals surface area contributed by atoms with Crippen LogP contribution in [0.4, 0.5) is 0 Å². The molecule has 8 heavy (non-hydrogen) atoms. The summed E-state index contributed by atoms with van der Waals surface area (Å²) in [5, 5.41) is 7.64. The molecule has 4 heteroatoms. The molecule has 0 aromatic heterocycles. The molecular weight excluding hydrogens is 151 g/mol. The van der Waals surface area contributed by atoms with Gasteiger partial charge in [0.15, 0.2) is 0 Å². The lowest BCUT2D eigenvalue weighted by molar-refractivity contribution is -0.136. The second-order valence-electron chi connectivity index (χ2n) is 1.35. The normalized spacial score (nSPS) is 13.2. The molecule has 0 aliphatic heterocycles.